The Hall–Kier alpha value is -2.87. The second-order valence-corrected chi connectivity index (χ2v) is 7.49. The van der Waals surface area contributed by atoms with Gasteiger partial charge in [0.15, 0.2) is 6.61 Å². The average molecular weight is 402 g/mol. The minimum absolute atomic E-state index is 0.260. The molecular formula is C20H22N2O5S. The van der Waals surface area contributed by atoms with Crippen LogP contribution in [0.1, 0.15) is 50.9 Å². The lowest BCUT2D eigenvalue weighted by Crippen LogP contribution is -2.22. The molecule has 0 spiro atoms. The average Bonchev–Trinajstić information content (AvgIpc) is 3.04. The first-order valence-electron chi connectivity index (χ1n) is 9.13. The molecule has 28 heavy (non-hydrogen) atoms. The summed E-state index contributed by atoms with van der Waals surface area (Å²) in [7, 11) is 0. The number of ether oxygens (including phenoxy) is 2. The zero-order valence-corrected chi connectivity index (χ0v) is 16.4. The van der Waals surface area contributed by atoms with Gasteiger partial charge in [-0.3, -0.25) is 4.79 Å². The summed E-state index contributed by atoms with van der Waals surface area (Å²) >= 11 is 1.39. The number of carbonyl (C=O) groups is 3. The molecule has 1 aliphatic carbocycles. The minimum Gasteiger partial charge on any atom is -0.462 e. The summed E-state index contributed by atoms with van der Waals surface area (Å²) in [5, 5.41) is 3.16. The normalized spacial score (nSPS) is 12.8. The molecule has 0 radical (unpaired) electrons. The Labute approximate surface area is 166 Å². The van der Waals surface area contributed by atoms with Gasteiger partial charge < -0.3 is 20.5 Å². The van der Waals surface area contributed by atoms with Gasteiger partial charge in [-0.25, -0.2) is 9.59 Å². The van der Waals surface area contributed by atoms with Crippen LogP contribution < -0.4 is 11.1 Å². The molecule has 1 amide bonds. The van der Waals surface area contributed by atoms with Crippen molar-refractivity contribution < 1.29 is 23.9 Å². The summed E-state index contributed by atoms with van der Waals surface area (Å²) in [4.78, 5) is 37.8. The van der Waals surface area contributed by atoms with Crippen molar-refractivity contribution in [2.75, 3.05) is 24.3 Å². The lowest BCUT2D eigenvalue weighted by molar-refractivity contribution is -0.119. The molecule has 8 heteroatoms. The van der Waals surface area contributed by atoms with Crippen LogP contribution in [-0.2, 0) is 27.1 Å². The number of benzene rings is 1. The van der Waals surface area contributed by atoms with Crippen molar-refractivity contribution in [2.24, 2.45) is 0 Å². The number of esters is 2. The quantitative estimate of drug-likeness (QED) is 0.568. The molecule has 0 fully saturated rings. The molecule has 1 heterocycles. The number of anilines is 2. The smallest absolute Gasteiger partial charge is 0.341 e. The van der Waals surface area contributed by atoms with Gasteiger partial charge in [0.2, 0.25) is 0 Å². The largest absolute Gasteiger partial charge is 0.462 e. The summed E-state index contributed by atoms with van der Waals surface area (Å²) in [5.74, 6) is -1.56. The lowest BCUT2D eigenvalue weighted by atomic mass is 9.95. The van der Waals surface area contributed by atoms with Crippen molar-refractivity contribution in [3.63, 3.8) is 0 Å². The predicted molar refractivity (Wildman–Crippen MR) is 107 cm³/mol. The Morgan fingerprint density at radius 3 is 2.50 bits per heavy atom. The van der Waals surface area contributed by atoms with Crippen LogP contribution in [0.25, 0.3) is 0 Å². The number of nitrogens with two attached hydrogens (primary N) is 1. The predicted octanol–water partition coefficient (Wildman–Crippen LogP) is 3.18. The second-order valence-electron chi connectivity index (χ2n) is 6.38. The number of fused-ring (bicyclic) bond motifs is 1. The van der Waals surface area contributed by atoms with E-state index in [1.54, 1.807) is 19.1 Å². The molecule has 1 aromatic heterocycles. The van der Waals surface area contributed by atoms with Gasteiger partial charge in [-0.05, 0) is 62.4 Å². The molecule has 1 aromatic carbocycles. The van der Waals surface area contributed by atoms with E-state index in [4.69, 9.17) is 15.2 Å². The molecule has 148 valence electrons. The van der Waals surface area contributed by atoms with Gasteiger partial charge >= 0.3 is 11.9 Å². The number of thiophene rings is 1. The Morgan fingerprint density at radius 1 is 1.07 bits per heavy atom. The highest BCUT2D eigenvalue weighted by Gasteiger charge is 2.27. The fourth-order valence-corrected chi connectivity index (χ4v) is 4.36. The Morgan fingerprint density at radius 2 is 1.79 bits per heavy atom. The minimum atomic E-state index is -0.619. The molecule has 1 aliphatic rings. The number of aryl methyl sites for hydroxylation is 1. The first-order chi connectivity index (χ1) is 13.5. The topological polar surface area (TPSA) is 108 Å². The Balaban J connectivity index is 1.68. The van der Waals surface area contributed by atoms with Crippen LogP contribution in [0.2, 0.25) is 0 Å². The second kappa shape index (κ2) is 8.88. The molecule has 0 aliphatic heterocycles. The summed E-state index contributed by atoms with van der Waals surface area (Å²) < 4.78 is 10.2. The van der Waals surface area contributed by atoms with Crippen molar-refractivity contribution >= 4 is 39.9 Å². The van der Waals surface area contributed by atoms with Crippen LogP contribution in [-0.4, -0.2) is 31.1 Å². The van der Waals surface area contributed by atoms with Gasteiger partial charge in [0.05, 0.1) is 17.7 Å². The molecule has 3 rings (SSSR count). The van der Waals surface area contributed by atoms with Gasteiger partial charge in [0, 0.05) is 10.6 Å². The number of rotatable bonds is 6. The van der Waals surface area contributed by atoms with E-state index in [9.17, 15) is 14.4 Å². The van der Waals surface area contributed by atoms with E-state index in [1.165, 1.54) is 23.5 Å². The Bertz CT molecular complexity index is 889. The van der Waals surface area contributed by atoms with Crippen LogP contribution in [0.5, 0.6) is 0 Å². The lowest BCUT2D eigenvalue weighted by Gasteiger charge is -2.12. The van der Waals surface area contributed by atoms with Crippen molar-refractivity contribution in [3.05, 3.63) is 45.8 Å². The van der Waals surface area contributed by atoms with E-state index in [2.05, 4.69) is 5.32 Å². The molecule has 2 aromatic rings. The summed E-state index contributed by atoms with van der Waals surface area (Å²) in [5.41, 5.74) is 7.81. The third-order valence-corrected chi connectivity index (χ3v) is 5.59. The third kappa shape index (κ3) is 4.51. The van der Waals surface area contributed by atoms with Crippen LogP contribution in [0, 0.1) is 0 Å². The number of carbonyl (C=O) groups excluding carboxylic acids is 3. The fraction of sp³-hybridized carbons (Fsp3) is 0.350. The molecule has 0 atom stereocenters. The molecule has 0 saturated heterocycles. The van der Waals surface area contributed by atoms with Crippen LogP contribution in [0.3, 0.4) is 0 Å². The van der Waals surface area contributed by atoms with E-state index in [-0.39, 0.29) is 6.61 Å². The standard InChI is InChI=1S/C20H22N2O5S/c1-2-26-20(25)17-14-5-3-4-6-15(14)28-18(17)22-16(23)11-27-19(24)12-7-9-13(21)10-8-12/h7-10H,2-6,11,21H2,1H3,(H,22,23). The summed E-state index contributed by atoms with van der Waals surface area (Å²) in [6.45, 7) is 1.55. The zero-order chi connectivity index (χ0) is 20.1. The maximum atomic E-state index is 12.4. The van der Waals surface area contributed by atoms with E-state index in [0.29, 0.717) is 21.8 Å². The molecule has 3 N–H and O–H groups in total. The molecular weight excluding hydrogens is 380 g/mol. The van der Waals surface area contributed by atoms with E-state index in [1.807, 2.05) is 0 Å². The molecule has 7 nitrogen and oxygen atoms in total. The van der Waals surface area contributed by atoms with Gasteiger partial charge in [-0.1, -0.05) is 0 Å². The van der Waals surface area contributed by atoms with Crippen molar-refractivity contribution in [1.82, 2.24) is 0 Å². The van der Waals surface area contributed by atoms with Crippen molar-refractivity contribution in [3.8, 4) is 0 Å². The van der Waals surface area contributed by atoms with Crippen LogP contribution in [0.4, 0.5) is 10.7 Å². The van der Waals surface area contributed by atoms with Crippen molar-refractivity contribution in [2.45, 2.75) is 32.6 Å². The summed E-state index contributed by atoms with van der Waals surface area (Å²) in [6.07, 6.45) is 3.74. The number of amides is 1. The number of hydrogen-bond donors (Lipinski definition) is 2. The number of hydrogen-bond acceptors (Lipinski definition) is 7. The van der Waals surface area contributed by atoms with E-state index >= 15 is 0 Å². The van der Waals surface area contributed by atoms with E-state index < -0.39 is 24.5 Å². The highest BCUT2D eigenvalue weighted by atomic mass is 32.1. The van der Waals surface area contributed by atoms with Crippen LogP contribution in [0.15, 0.2) is 24.3 Å². The SMILES string of the molecule is CCOC(=O)c1c(NC(=O)COC(=O)c2ccc(N)cc2)sc2c1CCCC2. The highest BCUT2D eigenvalue weighted by Crippen LogP contribution is 2.38. The first kappa shape index (κ1) is 19.9. The maximum Gasteiger partial charge on any atom is 0.341 e. The van der Waals surface area contributed by atoms with Gasteiger partial charge in [0.25, 0.3) is 5.91 Å². The third-order valence-electron chi connectivity index (χ3n) is 4.38. The number of nitrogen functional groups attached to an aromatic ring is 1. The molecule has 0 unspecified atom stereocenters. The summed E-state index contributed by atoms with van der Waals surface area (Å²) in [6, 6.07) is 6.22. The maximum absolute atomic E-state index is 12.4. The molecule has 0 saturated carbocycles. The number of nitrogens with one attached hydrogen (secondary N) is 1. The van der Waals surface area contributed by atoms with E-state index in [0.717, 1.165) is 36.1 Å². The first-order valence-corrected chi connectivity index (χ1v) is 9.95. The Kier molecular flexibility index (Phi) is 6.30. The van der Waals surface area contributed by atoms with Gasteiger partial charge in [0.1, 0.15) is 5.00 Å². The fourth-order valence-electron chi connectivity index (χ4n) is 3.07. The van der Waals surface area contributed by atoms with Crippen molar-refractivity contribution in [1.29, 1.82) is 0 Å². The van der Waals surface area contributed by atoms with Gasteiger partial charge in [-0.15, -0.1) is 11.3 Å². The molecule has 0 bridgehead atoms. The monoisotopic (exact) mass is 402 g/mol. The van der Waals surface area contributed by atoms with Gasteiger partial charge in [-0.2, -0.15) is 0 Å². The zero-order valence-electron chi connectivity index (χ0n) is 15.6. The highest BCUT2D eigenvalue weighted by molar-refractivity contribution is 7.17. The van der Waals surface area contributed by atoms with Crippen LogP contribution >= 0.6 is 11.3 Å².